The molecule has 1 saturated heterocycles. The summed E-state index contributed by atoms with van der Waals surface area (Å²) < 4.78 is 24.5. The molecule has 1 aliphatic rings. The zero-order valence-electron chi connectivity index (χ0n) is 20.8. The number of unbranched alkanes of at least 4 members (excludes halogenated alkanes) is 3. The molecule has 2 heterocycles. The number of nitrogens with zero attached hydrogens (tertiary/aromatic N) is 4. The standard InChI is InChI=1S/C26H33FN6O3/c1-35-22-9-7-10-23(36-2)24(22)25(34)33-15-12-19(17-33)8-5-3-4-6-13-30-26(31-18-28)32-21-11-14-29-16-20(21)27/h7,9-11,14,16,19H,3-6,8,12-13,15,17H2,1-2H3,(H2,29,30,31,32). The Morgan fingerprint density at radius 2 is 1.97 bits per heavy atom. The fourth-order valence-corrected chi connectivity index (χ4v) is 4.33. The lowest BCUT2D eigenvalue weighted by molar-refractivity contribution is 0.0779. The Labute approximate surface area is 211 Å². The maximum Gasteiger partial charge on any atom is 0.261 e. The summed E-state index contributed by atoms with van der Waals surface area (Å²) in [4.78, 5) is 23.1. The number of hydrogen-bond donors (Lipinski definition) is 2. The Morgan fingerprint density at radius 1 is 1.22 bits per heavy atom. The second-order valence-electron chi connectivity index (χ2n) is 8.59. The highest BCUT2D eigenvalue weighted by atomic mass is 19.1. The van der Waals surface area contributed by atoms with E-state index in [1.165, 1.54) is 12.3 Å². The smallest absolute Gasteiger partial charge is 0.261 e. The first-order valence-electron chi connectivity index (χ1n) is 12.1. The first-order valence-corrected chi connectivity index (χ1v) is 12.1. The Hall–Kier alpha value is -3.87. The van der Waals surface area contributed by atoms with Gasteiger partial charge in [0, 0.05) is 25.8 Å². The van der Waals surface area contributed by atoms with Gasteiger partial charge in [-0.25, -0.2) is 4.39 Å². The van der Waals surface area contributed by atoms with Crippen LogP contribution in [-0.2, 0) is 0 Å². The van der Waals surface area contributed by atoms with Gasteiger partial charge in [0.1, 0.15) is 17.1 Å². The molecule has 1 unspecified atom stereocenters. The van der Waals surface area contributed by atoms with Gasteiger partial charge < -0.3 is 19.7 Å². The van der Waals surface area contributed by atoms with Crippen molar-refractivity contribution in [1.29, 1.82) is 5.26 Å². The van der Waals surface area contributed by atoms with E-state index in [0.29, 0.717) is 29.5 Å². The Kier molecular flexibility index (Phi) is 10.3. The van der Waals surface area contributed by atoms with Gasteiger partial charge in [0.15, 0.2) is 12.0 Å². The minimum absolute atomic E-state index is 0.0494. The van der Waals surface area contributed by atoms with Crippen molar-refractivity contribution in [3.8, 4) is 17.7 Å². The molecule has 0 saturated carbocycles. The number of carbonyl (C=O) groups excluding carboxylic acids is 1. The van der Waals surface area contributed by atoms with Crippen molar-refractivity contribution >= 4 is 17.6 Å². The zero-order chi connectivity index (χ0) is 25.8. The molecule has 2 aromatic rings. The van der Waals surface area contributed by atoms with Gasteiger partial charge in [-0.1, -0.05) is 25.3 Å². The van der Waals surface area contributed by atoms with Gasteiger partial charge in [-0.15, -0.1) is 0 Å². The van der Waals surface area contributed by atoms with Gasteiger partial charge in [-0.3, -0.25) is 20.1 Å². The van der Waals surface area contributed by atoms with E-state index in [9.17, 15) is 9.18 Å². The first-order chi connectivity index (χ1) is 17.6. The summed E-state index contributed by atoms with van der Waals surface area (Å²) in [5.41, 5.74) is 0.690. The van der Waals surface area contributed by atoms with Crippen LogP contribution in [-0.4, -0.2) is 55.6 Å². The van der Waals surface area contributed by atoms with E-state index in [-0.39, 0.29) is 17.6 Å². The van der Waals surface area contributed by atoms with Crippen molar-refractivity contribution in [3.05, 3.63) is 48.0 Å². The number of guanidine groups is 1. The third-order valence-corrected chi connectivity index (χ3v) is 6.20. The number of amides is 1. The summed E-state index contributed by atoms with van der Waals surface area (Å²) in [6.45, 7) is 2.00. The summed E-state index contributed by atoms with van der Waals surface area (Å²) in [5, 5.41) is 14.1. The molecular weight excluding hydrogens is 463 g/mol. The summed E-state index contributed by atoms with van der Waals surface area (Å²) in [7, 11) is 3.11. The lowest BCUT2D eigenvalue weighted by atomic mass is 10.00. The van der Waals surface area contributed by atoms with Crippen LogP contribution in [0.3, 0.4) is 0 Å². The molecule has 36 heavy (non-hydrogen) atoms. The average molecular weight is 497 g/mol. The normalized spacial score (nSPS) is 15.3. The van der Waals surface area contributed by atoms with Crippen LogP contribution in [0.15, 0.2) is 41.7 Å². The molecular formula is C26H33FN6O3. The number of benzene rings is 1. The molecule has 0 bridgehead atoms. The van der Waals surface area contributed by atoms with Crippen molar-refractivity contribution in [2.75, 3.05) is 39.2 Å². The Balaban J connectivity index is 1.38. The minimum Gasteiger partial charge on any atom is -0.496 e. The first kappa shape index (κ1) is 26.7. The summed E-state index contributed by atoms with van der Waals surface area (Å²) >= 11 is 0. The molecule has 0 aliphatic carbocycles. The summed E-state index contributed by atoms with van der Waals surface area (Å²) in [6, 6.07) is 6.85. The van der Waals surface area contributed by atoms with Crippen molar-refractivity contribution in [2.45, 2.75) is 38.5 Å². The predicted molar refractivity (Wildman–Crippen MR) is 136 cm³/mol. The lowest BCUT2D eigenvalue weighted by Crippen LogP contribution is -2.29. The molecule has 3 rings (SSSR count). The molecule has 10 heteroatoms. The summed E-state index contributed by atoms with van der Waals surface area (Å²) in [6.07, 6.45) is 10.4. The number of hydrogen-bond acceptors (Lipinski definition) is 6. The summed E-state index contributed by atoms with van der Waals surface area (Å²) in [5.74, 6) is 1.19. The highest BCUT2D eigenvalue weighted by Gasteiger charge is 2.30. The Bertz CT molecular complexity index is 1070. The number of nitriles is 1. The van der Waals surface area contributed by atoms with E-state index >= 15 is 0 Å². The molecule has 1 atom stereocenters. The topological polar surface area (TPSA) is 112 Å². The Morgan fingerprint density at radius 3 is 2.67 bits per heavy atom. The minimum atomic E-state index is -0.515. The highest BCUT2D eigenvalue weighted by Crippen LogP contribution is 2.32. The van der Waals surface area contributed by atoms with Gasteiger partial charge in [-0.05, 0) is 43.4 Å². The molecule has 1 amide bonds. The average Bonchev–Trinajstić information content (AvgIpc) is 3.37. The molecule has 1 aromatic heterocycles. The zero-order valence-corrected chi connectivity index (χ0v) is 20.8. The number of likely N-dealkylation sites (tertiary alicyclic amines) is 1. The molecule has 1 aromatic carbocycles. The van der Waals surface area contributed by atoms with E-state index in [4.69, 9.17) is 14.7 Å². The van der Waals surface area contributed by atoms with Crippen molar-refractivity contribution < 1.29 is 18.7 Å². The SMILES string of the molecule is COc1cccc(OC)c1C(=O)N1CCC(CCCCCCN=C(NC#N)Nc2ccncc2F)C1. The second kappa shape index (κ2) is 13.9. The van der Waals surface area contributed by atoms with Crippen LogP contribution in [0.25, 0.3) is 0 Å². The third-order valence-electron chi connectivity index (χ3n) is 6.20. The maximum atomic E-state index is 13.7. The van der Waals surface area contributed by atoms with Crippen LogP contribution >= 0.6 is 0 Å². The van der Waals surface area contributed by atoms with E-state index in [1.807, 2.05) is 17.2 Å². The van der Waals surface area contributed by atoms with E-state index < -0.39 is 5.82 Å². The van der Waals surface area contributed by atoms with Crippen LogP contribution in [0.4, 0.5) is 10.1 Å². The largest absolute Gasteiger partial charge is 0.496 e. The van der Waals surface area contributed by atoms with Gasteiger partial charge in [0.25, 0.3) is 5.91 Å². The van der Waals surface area contributed by atoms with E-state index in [2.05, 4.69) is 20.6 Å². The molecule has 1 aliphatic heterocycles. The number of aliphatic imine (C=N–C) groups is 1. The highest BCUT2D eigenvalue weighted by molar-refractivity contribution is 6.00. The molecule has 2 N–H and O–H groups in total. The fraction of sp³-hybridized carbons (Fsp3) is 0.462. The number of rotatable bonds is 11. The van der Waals surface area contributed by atoms with Crippen LogP contribution in [0, 0.1) is 23.2 Å². The van der Waals surface area contributed by atoms with Crippen molar-refractivity contribution in [3.63, 3.8) is 0 Å². The fourth-order valence-electron chi connectivity index (χ4n) is 4.33. The van der Waals surface area contributed by atoms with Gasteiger partial charge in [0.2, 0.25) is 5.96 Å². The molecule has 192 valence electrons. The third kappa shape index (κ3) is 7.31. The number of halogens is 1. The van der Waals surface area contributed by atoms with Crippen LogP contribution in [0.5, 0.6) is 11.5 Å². The number of carbonyl (C=O) groups is 1. The van der Waals surface area contributed by atoms with Crippen LogP contribution < -0.4 is 20.1 Å². The number of nitrogens with one attached hydrogen (secondary N) is 2. The van der Waals surface area contributed by atoms with Crippen LogP contribution in [0.1, 0.15) is 48.9 Å². The van der Waals surface area contributed by atoms with Gasteiger partial charge >= 0.3 is 0 Å². The van der Waals surface area contributed by atoms with Gasteiger partial charge in [0.05, 0.1) is 26.1 Å². The number of anilines is 1. The molecule has 1 fully saturated rings. The number of ether oxygens (including phenoxy) is 2. The number of aromatic nitrogens is 1. The molecule has 0 radical (unpaired) electrons. The maximum absolute atomic E-state index is 13.7. The molecule has 0 spiro atoms. The monoisotopic (exact) mass is 496 g/mol. The quantitative estimate of drug-likeness (QED) is 0.158. The van der Waals surface area contributed by atoms with Crippen molar-refractivity contribution in [1.82, 2.24) is 15.2 Å². The molecule has 9 nitrogen and oxygen atoms in total. The number of pyridine rings is 1. The lowest BCUT2D eigenvalue weighted by Gasteiger charge is -2.20. The predicted octanol–water partition coefficient (Wildman–Crippen LogP) is 4.19. The van der Waals surface area contributed by atoms with Gasteiger partial charge in [-0.2, -0.15) is 5.26 Å². The van der Waals surface area contributed by atoms with Crippen molar-refractivity contribution in [2.24, 2.45) is 10.9 Å². The number of methoxy groups -OCH3 is 2. The van der Waals surface area contributed by atoms with E-state index in [0.717, 1.165) is 57.8 Å². The van der Waals surface area contributed by atoms with E-state index in [1.54, 1.807) is 26.4 Å². The second-order valence-corrected chi connectivity index (χ2v) is 8.59. The van der Waals surface area contributed by atoms with Crippen LogP contribution in [0.2, 0.25) is 0 Å².